The number of benzene rings is 2. The van der Waals surface area contributed by atoms with Crippen LogP contribution in [-0.2, 0) is 0 Å². The van der Waals surface area contributed by atoms with Crippen LogP contribution in [0.1, 0.15) is 20.7 Å². The second-order valence-corrected chi connectivity index (χ2v) is 4.89. The van der Waals surface area contributed by atoms with Crippen molar-refractivity contribution in [3.63, 3.8) is 0 Å². The van der Waals surface area contributed by atoms with Gasteiger partial charge in [-0.25, -0.2) is 4.79 Å². The number of rotatable bonds is 4. The van der Waals surface area contributed by atoms with E-state index in [2.05, 4.69) is 0 Å². The molecule has 0 fully saturated rings. The summed E-state index contributed by atoms with van der Waals surface area (Å²) in [4.78, 5) is 22.9. The van der Waals surface area contributed by atoms with Crippen molar-refractivity contribution < 1.29 is 19.1 Å². The molecule has 2 rings (SSSR count). The summed E-state index contributed by atoms with van der Waals surface area (Å²) in [5.74, 6) is -0.237. The van der Waals surface area contributed by atoms with Crippen LogP contribution in [0.2, 0.25) is 10.0 Å². The summed E-state index contributed by atoms with van der Waals surface area (Å²) in [6.45, 7) is 0. The minimum atomic E-state index is -0.691. The molecule has 0 saturated heterocycles. The van der Waals surface area contributed by atoms with Crippen molar-refractivity contribution in [3.8, 4) is 11.5 Å². The van der Waals surface area contributed by atoms with Crippen molar-refractivity contribution in [2.75, 3.05) is 7.11 Å². The first kappa shape index (κ1) is 15.4. The van der Waals surface area contributed by atoms with Crippen LogP contribution in [0.15, 0.2) is 36.4 Å². The summed E-state index contributed by atoms with van der Waals surface area (Å²) in [6.07, 6.45) is 0.642. The predicted molar refractivity (Wildman–Crippen MR) is 79.8 cm³/mol. The summed E-state index contributed by atoms with van der Waals surface area (Å²) < 4.78 is 10.3. The third-order valence-corrected chi connectivity index (χ3v) is 3.24. The molecule has 0 N–H and O–H groups in total. The summed E-state index contributed by atoms with van der Waals surface area (Å²) in [5.41, 5.74) is 0.485. The van der Waals surface area contributed by atoms with Crippen molar-refractivity contribution in [1.29, 1.82) is 0 Å². The van der Waals surface area contributed by atoms with Crippen LogP contribution in [0.5, 0.6) is 11.5 Å². The molecule has 0 heterocycles. The lowest BCUT2D eigenvalue weighted by Gasteiger charge is -2.10. The number of carbonyl (C=O) groups excluding carboxylic acids is 2. The fourth-order valence-electron chi connectivity index (χ4n) is 1.66. The monoisotopic (exact) mass is 324 g/mol. The lowest BCUT2D eigenvalue weighted by molar-refractivity contribution is 0.0729. The van der Waals surface area contributed by atoms with Crippen molar-refractivity contribution in [2.45, 2.75) is 0 Å². The fourth-order valence-corrected chi connectivity index (χ4v) is 2.02. The number of hydrogen-bond acceptors (Lipinski definition) is 4. The van der Waals surface area contributed by atoms with Crippen molar-refractivity contribution >= 4 is 35.5 Å². The van der Waals surface area contributed by atoms with Crippen LogP contribution in [0.3, 0.4) is 0 Å². The van der Waals surface area contributed by atoms with Gasteiger partial charge in [0.25, 0.3) is 0 Å². The molecule has 0 aliphatic carbocycles. The molecule has 0 aliphatic rings. The highest BCUT2D eigenvalue weighted by molar-refractivity contribution is 6.35. The zero-order chi connectivity index (χ0) is 15.4. The van der Waals surface area contributed by atoms with E-state index in [1.54, 1.807) is 12.1 Å². The van der Waals surface area contributed by atoms with Gasteiger partial charge in [-0.15, -0.1) is 0 Å². The molecule has 0 spiro atoms. The Morgan fingerprint density at radius 1 is 1.10 bits per heavy atom. The van der Waals surface area contributed by atoms with Gasteiger partial charge in [0.2, 0.25) is 0 Å². The molecule has 2 aromatic carbocycles. The van der Waals surface area contributed by atoms with Crippen LogP contribution < -0.4 is 9.47 Å². The van der Waals surface area contributed by atoms with Crippen molar-refractivity contribution in [3.05, 3.63) is 57.6 Å². The van der Waals surface area contributed by atoms with Crippen LogP contribution in [-0.4, -0.2) is 19.4 Å². The van der Waals surface area contributed by atoms with Gasteiger partial charge in [-0.05, 0) is 36.4 Å². The third-order valence-electron chi connectivity index (χ3n) is 2.67. The number of halogens is 2. The Bertz CT molecular complexity index is 698. The van der Waals surface area contributed by atoms with Gasteiger partial charge in [-0.3, -0.25) is 4.79 Å². The minimum Gasteiger partial charge on any atom is -0.493 e. The highest BCUT2D eigenvalue weighted by Crippen LogP contribution is 2.29. The van der Waals surface area contributed by atoms with E-state index in [4.69, 9.17) is 32.7 Å². The van der Waals surface area contributed by atoms with Crippen LogP contribution in [0.4, 0.5) is 0 Å². The Labute approximate surface area is 131 Å². The molecule has 0 aliphatic heterocycles. The van der Waals surface area contributed by atoms with Gasteiger partial charge < -0.3 is 9.47 Å². The Balaban J connectivity index is 2.34. The van der Waals surface area contributed by atoms with Gasteiger partial charge >= 0.3 is 5.97 Å². The molecule has 0 bridgehead atoms. The number of carbonyl (C=O) groups is 2. The van der Waals surface area contributed by atoms with Gasteiger partial charge in [-0.2, -0.15) is 0 Å². The zero-order valence-corrected chi connectivity index (χ0v) is 12.4. The maximum Gasteiger partial charge on any atom is 0.345 e. The maximum atomic E-state index is 12.1. The Kier molecular flexibility index (Phi) is 4.83. The van der Waals surface area contributed by atoms with Crippen LogP contribution in [0.25, 0.3) is 0 Å². The first-order chi connectivity index (χ1) is 10.0. The standard InChI is InChI=1S/C15H10Cl2O4/c1-20-13-5-2-9(8-18)6-14(13)21-15(19)11-7-10(16)3-4-12(11)17/h2-8H,1H3. The molecule has 0 atom stereocenters. The molecule has 2 aromatic rings. The average Bonchev–Trinajstić information content (AvgIpc) is 2.49. The molecule has 0 unspecified atom stereocenters. The van der Waals surface area contributed by atoms with Crippen LogP contribution >= 0.6 is 23.2 Å². The molecule has 0 saturated carbocycles. The second-order valence-electron chi connectivity index (χ2n) is 4.04. The Morgan fingerprint density at radius 3 is 2.52 bits per heavy atom. The Morgan fingerprint density at radius 2 is 1.86 bits per heavy atom. The number of aldehydes is 1. The molecule has 0 aromatic heterocycles. The summed E-state index contributed by atoms with van der Waals surface area (Å²) in [5, 5.41) is 0.579. The molecule has 0 amide bonds. The fraction of sp³-hybridized carbons (Fsp3) is 0.0667. The average molecular weight is 325 g/mol. The van der Waals surface area contributed by atoms with Gasteiger partial charge in [0.1, 0.15) is 6.29 Å². The van der Waals surface area contributed by atoms with Crippen molar-refractivity contribution in [1.82, 2.24) is 0 Å². The number of ether oxygens (including phenoxy) is 2. The van der Waals surface area contributed by atoms with E-state index in [0.29, 0.717) is 22.6 Å². The predicted octanol–water partition coefficient (Wildman–Crippen LogP) is 4.03. The zero-order valence-electron chi connectivity index (χ0n) is 10.9. The largest absolute Gasteiger partial charge is 0.493 e. The van der Waals surface area contributed by atoms with E-state index in [1.165, 1.54) is 31.4 Å². The first-order valence-corrected chi connectivity index (χ1v) is 6.61. The number of hydrogen-bond donors (Lipinski definition) is 0. The number of esters is 1. The smallest absolute Gasteiger partial charge is 0.345 e. The second kappa shape index (κ2) is 6.61. The summed E-state index contributed by atoms with van der Waals surface area (Å²) in [7, 11) is 1.43. The van der Waals surface area contributed by atoms with Gasteiger partial charge in [0, 0.05) is 10.6 Å². The van der Waals surface area contributed by atoms with Gasteiger partial charge in [0.15, 0.2) is 11.5 Å². The summed E-state index contributed by atoms with van der Waals surface area (Å²) in [6, 6.07) is 8.96. The van der Waals surface area contributed by atoms with Gasteiger partial charge in [-0.1, -0.05) is 23.2 Å². The number of methoxy groups -OCH3 is 1. The lowest BCUT2D eigenvalue weighted by Crippen LogP contribution is -2.10. The maximum absolute atomic E-state index is 12.1. The van der Waals surface area contributed by atoms with E-state index < -0.39 is 5.97 Å². The van der Waals surface area contributed by atoms with E-state index in [-0.39, 0.29) is 16.3 Å². The lowest BCUT2D eigenvalue weighted by atomic mass is 10.2. The summed E-state index contributed by atoms with van der Waals surface area (Å²) >= 11 is 11.8. The molecular weight excluding hydrogens is 315 g/mol. The minimum absolute atomic E-state index is 0.128. The Hall–Kier alpha value is -2.04. The van der Waals surface area contributed by atoms with Gasteiger partial charge in [0.05, 0.1) is 17.7 Å². The molecular formula is C15H10Cl2O4. The molecule has 108 valence electrons. The molecule has 4 nitrogen and oxygen atoms in total. The van der Waals surface area contributed by atoms with E-state index in [9.17, 15) is 9.59 Å². The molecule has 21 heavy (non-hydrogen) atoms. The quantitative estimate of drug-likeness (QED) is 0.484. The third kappa shape index (κ3) is 3.54. The first-order valence-electron chi connectivity index (χ1n) is 5.85. The van der Waals surface area contributed by atoms with E-state index >= 15 is 0 Å². The molecule has 0 radical (unpaired) electrons. The van der Waals surface area contributed by atoms with E-state index in [0.717, 1.165) is 0 Å². The highest BCUT2D eigenvalue weighted by atomic mass is 35.5. The van der Waals surface area contributed by atoms with Crippen molar-refractivity contribution in [2.24, 2.45) is 0 Å². The SMILES string of the molecule is COc1ccc(C=O)cc1OC(=O)c1cc(Cl)ccc1Cl. The highest BCUT2D eigenvalue weighted by Gasteiger charge is 2.16. The van der Waals surface area contributed by atoms with E-state index in [1.807, 2.05) is 0 Å². The topological polar surface area (TPSA) is 52.6 Å². The van der Waals surface area contributed by atoms with Crippen LogP contribution in [0, 0.1) is 0 Å². The normalized spacial score (nSPS) is 10.0. The molecule has 6 heteroatoms.